The quantitative estimate of drug-likeness (QED) is 0.629. The van der Waals surface area contributed by atoms with Gasteiger partial charge in [0, 0.05) is 12.6 Å². The van der Waals surface area contributed by atoms with Crippen LogP contribution in [0.15, 0.2) is 23.4 Å². The number of benzene rings is 1. The molecule has 3 N–H and O–H groups in total. The summed E-state index contributed by atoms with van der Waals surface area (Å²) in [5.41, 5.74) is -1.47. The van der Waals surface area contributed by atoms with Gasteiger partial charge in [0.2, 0.25) is 0 Å². The molecule has 8 nitrogen and oxygen atoms in total. The Labute approximate surface area is 140 Å². The van der Waals surface area contributed by atoms with Gasteiger partial charge in [-0.25, -0.2) is 18.4 Å². The molecule has 1 aromatic rings. The second-order valence-corrected chi connectivity index (χ2v) is 5.04. The van der Waals surface area contributed by atoms with E-state index in [-0.39, 0.29) is 31.0 Å². The molecule has 134 valence electrons. The number of aliphatic hydroxyl groups is 1. The number of aromatic carboxylic acids is 1. The zero-order valence-corrected chi connectivity index (χ0v) is 13.0. The molecule has 1 aliphatic rings. The van der Waals surface area contributed by atoms with Gasteiger partial charge in [-0.3, -0.25) is 4.79 Å². The third kappa shape index (κ3) is 3.58. The lowest BCUT2D eigenvalue weighted by Crippen LogP contribution is -2.31. The van der Waals surface area contributed by atoms with Crippen molar-refractivity contribution in [1.29, 1.82) is 0 Å². The number of carbonyl (C=O) groups is 3. The van der Waals surface area contributed by atoms with Gasteiger partial charge in [-0.05, 0) is 6.07 Å². The van der Waals surface area contributed by atoms with E-state index in [9.17, 15) is 23.2 Å². The van der Waals surface area contributed by atoms with Crippen LogP contribution in [0.25, 0.3) is 0 Å². The fraction of sp³-hybridized carbons (Fsp3) is 0.267. The zero-order chi connectivity index (χ0) is 18.7. The number of anilines is 1. The molecule has 0 aliphatic carbocycles. The highest BCUT2D eigenvalue weighted by atomic mass is 19.2. The standard InChI is InChI=1S/C15H14F2N2O6/c1-25-15(24)8-6-19(2-3-20)13(21)12(8)18-11-5-10(17)9(16)4-7(11)14(22)23/h4-5,18,20H,2-3,6H2,1H3,(H,22,23). The molecule has 1 heterocycles. The molecule has 25 heavy (non-hydrogen) atoms. The molecule has 1 aliphatic heterocycles. The Kier molecular flexibility index (Phi) is 5.32. The number of hydrogen-bond donors (Lipinski definition) is 3. The number of esters is 1. The van der Waals surface area contributed by atoms with E-state index >= 15 is 0 Å². The Morgan fingerprint density at radius 3 is 2.52 bits per heavy atom. The monoisotopic (exact) mass is 356 g/mol. The highest BCUT2D eigenvalue weighted by Gasteiger charge is 2.35. The number of hydrogen-bond acceptors (Lipinski definition) is 6. The maximum absolute atomic E-state index is 13.5. The van der Waals surface area contributed by atoms with E-state index in [0.29, 0.717) is 12.1 Å². The summed E-state index contributed by atoms with van der Waals surface area (Å²) in [6.07, 6.45) is 0. The molecule has 0 saturated heterocycles. The van der Waals surface area contributed by atoms with Crippen LogP contribution in [0.3, 0.4) is 0 Å². The van der Waals surface area contributed by atoms with Crippen molar-refractivity contribution in [2.45, 2.75) is 0 Å². The maximum Gasteiger partial charge on any atom is 0.337 e. The third-order valence-corrected chi connectivity index (χ3v) is 3.50. The van der Waals surface area contributed by atoms with Gasteiger partial charge in [0.25, 0.3) is 5.91 Å². The van der Waals surface area contributed by atoms with Gasteiger partial charge in [-0.2, -0.15) is 0 Å². The number of ether oxygens (including phenoxy) is 1. The number of β-amino-alcohol motifs (C(OH)–C–C–N with tert-alkyl or cyclic N) is 1. The number of rotatable bonds is 6. The molecule has 2 rings (SSSR count). The smallest absolute Gasteiger partial charge is 0.337 e. The average molecular weight is 356 g/mol. The molecule has 10 heteroatoms. The molecule has 0 spiro atoms. The first-order valence-corrected chi connectivity index (χ1v) is 7.01. The van der Waals surface area contributed by atoms with Gasteiger partial charge >= 0.3 is 11.9 Å². The Balaban J connectivity index is 2.48. The predicted octanol–water partition coefficient (Wildman–Crippen LogP) is 0.336. The van der Waals surface area contributed by atoms with Crippen molar-refractivity contribution < 1.29 is 38.1 Å². The SMILES string of the molecule is COC(=O)C1=C(Nc2cc(F)c(F)cc2C(=O)O)C(=O)N(CCO)C1. The first kappa shape index (κ1) is 18.3. The molecular weight excluding hydrogens is 342 g/mol. The van der Waals surface area contributed by atoms with Crippen LogP contribution < -0.4 is 5.32 Å². The summed E-state index contributed by atoms with van der Waals surface area (Å²) in [6, 6.07) is 1.03. The van der Waals surface area contributed by atoms with Crippen LogP contribution in [0.4, 0.5) is 14.5 Å². The van der Waals surface area contributed by atoms with E-state index in [4.69, 9.17) is 10.2 Å². The van der Waals surface area contributed by atoms with E-state index in [1.807, 2.05) is 0 Å². The van der Waals surface area contributed by atoms with E-state index in [0.717, 1.165) is 12.0 Å². The number of nitrogens with zero attached hydrogens (tertiary/aromatic N) is 1. The lowest BCUT2D eigenvalue weighted by molar-refractivity contribution is -0.136. The van der Waals surface area contributed by atoms with Crippen molar-refractivity contribution in [2.24, 2.45) is 0 Å². The summed E-state index contributed by atoms with van der Waals surface area (Å²) < 4.78 is 31.3. The first-order chi connectivity index (χ1) is 11.8. The normalized spacial score (nSPS) is 14.1. The van der Waals surface area contributed by atoms with Crippen molar-refractivity contribution in [2.75, 3.05) is 32.1 Å². The van der Waals surface area contributed by atoms with Crippen molar-refractivity contribution in [3.05, 3.63) is 40.6 Å². The lowest BCUT2D eigenvalue weighted by Gasteiger charge is -2.15. The number of methoxy groups -OCH3 is 1. The molecule has 0 fully saturated rings. The summed E-state index contributed by atoms with van der Waals surface area (Å²) in [4.78, 5) is 36.5. The van der Waals surface area contributed by atoms with Gasteiger partial charge in [-0.15, -0.1) is 0 Å². The second-order valence-electron chi connectivity index (χ2n) is 5.04. The summed E-state index contributed by atoms with van der Waals surface area (Å²) in [6.45, 7) is -0.617. The van der Waals surface area contributed by atoms with Crippen LogP contribution in [-0.2, 0) is 14.3 Å². The second kappa shape index (κ2) is 7.26. The van der Waals surface area contributed by atoms with E-state index in [1.165, 1.54) is 0 Å². The van der Waals surface area contributed by atoms with Gasteiger partial charge < -0.3 is 25.2 Å². The molecule has 0 radical (unpaired) electrons. The van der Waals surface area contributed by atoms with Crippen LogP contribution in [0.1, 0.15) is 10.4 Å². The van der Waals surface area contributed by atoms with E-state index < -0.39 is 40.7 Å². The maximum atomic E-state index is 13.5. The highest BCUT2D eigenvalue weighted by molar-refractivity contribution is 6.09. The number of carbonyl (C=O) groups excluding carboxylic acids is 2. The Bertz CT molecular complexity index is 778. The molecule has 0 unspecified atom stereocenters. The number of aliphatic hydroxyl groups excluding tert-OH is 1. The molecule has 1 amide bonds. The third-order valence-electron chi connectivity index (χ3n) is 3.50. The van der Waals surface area contributed by atoms with Gasteiger partial charge in [0.1, 0.15) is 5.70 Å². The van der Waals surface area contributed by atoms with Gasteiger partial charge in [0.05, 0.1) is 37.1 Å². The topological polar surface area (TPSA) is 116 Å². The van der Waals surface area contributed by atoms with Gasteiger partial charge in [-0.1, -0.05) is 0 Å². The van der Waals surface area contributed by atoms with Crippen molar-refractivity contribution in [1.82, 2.24) is 4.90 Å². The summed E-state index contributed by atoms with van der Waals surface area (Å²) in [5, 5.41) is 20.5. The van der Waals surface area contributed by atoms with Crippen molar-refractivity contribution >= 4 is 23.5 Å². The summed E-state index contributed by atoms with van der Waals surface area (Å²) in [7, 11) is 1.09. The van der Waals surface area contributed by atoms with Crippen LogP contribution in [0.5, 0.6) is 0 Å². The fourth-order valence-electron chi connectivity index (χ4n) is 2.31. The molecule has 0 bridgehead atoms. The number of nitrogens with one attached hydrogen (secondary N) is 1. The number of halogens is 2. The molecule has 0 aromatic heterocycles. The van der Waals surface area contributed by atoms with Crippen LogP contribution >= 0.6 is 0 Å². The summed E-state index contributed by atoms with van der Waals surface area (Å²) in [5.74, 6) is -5.82. The zero-order valence-electron chi connectivity index (χ0n) is 13.0. The molecule has 1 aromatic carbocycles. The number of carboxylic acid groups (broad SMARTS) is 1. The molecule has 0 atom stereocenters. The van der Waals surface area contributed by atoms with Crippen molar-refractivity contribution in [3.8, 4) is 0 Å². The molecular formula is C15H14F2N2O6. The predicted molar refractivity (Wildman–Crippen MR) is 79.6 cm³/mol. The highest BCUT2D eigenvalue weighted by Crippen LogP contribution is 2.26. The Morgan fingerprint density at radius 2 is 1.96 bits per heavy atom. The Hall–Kier alpha value is -3.01. The van der Waals surface area contributed by atoms with Crippen LogP contribution in [-0.4, -0.2) is 59.8 Å². The van der Waals surface area contributed by atoms with E-state index in [2.05, 4.69) is 10.1 Å². The number of carboxylic acids is 1. The molecule has 0 saturated carbocycles. The number of amides is 1. The Morgan fingerprint density at radius 1 is 1.32 bits per heavy atom. The van der Waals surface area contributed by atoms with Gasteiger partial charge in [0.15, 0.2) is 11.6 Å². The minimum Gasteiger partial charge on any atom is -0.478 e. The minimum absolute atomic E-state index is 0.0753. The minimum atomic E-state index is -1.56. The average Bonchev–Trinajstić information content (AvgIpc) is 2.87. The largest absolute Gasteiger partial charge is 0.478 e. The fourth-order valence-corrected chi connectivity index (χ4v) is 2.31. The lowest BCUT2D eigenvalue weighted by atomic mass is 10.1. The van der Waals surface area contributed by atoms with Crippen LogP contribution in [0, 0.1) is 11.6 Å². The first-order valence-electron chi connectivity index (χ1n) is 7.01. The van der Waals surface area contributed by atoms with Crippen molar-refractivity contribution in [3.63, 3.8) is 0 Å². The van der Waals surface area contributed by atoms with E-state index in [1.54, 1.807) is 0 Å². The summed E-state index contributed by atoms with van der Waals surface area (Å²) >= 11 is 0. The van der Waals surface area contributed by atoms with Crippen LogP contribution in [0.2, 0.25) is 0 Å².